The van der Waals surface area contributed by atoms with Crippen LogP contribution < -0.4 is 5.73 Å². The zero-order valence-corrected chi connectivity index (χ0v) is 8.54. The molecule has 2 rings (SSSR count). The van der Waals surface area contributed by atoms with E-state index in [1.54, 1.807) is 0 Å². The zero-order valence-electron chi connectivity index (χ0n) is 8.54. The van der Waals surface area contributed by atoms with E-state index in [1.807, 2.05) is 0 Å². The van der Waals surface area contributed by atoms with E-state index >= 15 is 0 Å². The average molecular weight is 183 g/mol. The molecule has 3 atom stereocenters. The van der Waals surface area contributed by atoms with Crippen LogP contribution in [-0.4, -0.2) is 18.8 Å². The van der Waals surface area contributed by atoms with Crippen molar-refractivity contribution in [2.24, 2.45) is 17.6 Å². The molecular weight excluding hydrogens is 162 g/mol. The Hall–Kier alpha value is -0.0800. The summed E-state index contributed by atoms with van der Waals surface area (Å²) in [6, 6.07) is 0.403. The average Bonchev–Trinajstić information content (AvgIpc) is 2.82. The van der Waals surface area contributed by atoms with Crippen LogP contribution in [0.25, 0.3) is 0 Å². The highest BCUT2D eigenvalue weighted by Gasteiger charge is 2.34. The van der Waals surface area contributed by atoms with Crippen molar-refractivity contribution in [3.63, 3.8) is 0 Å². The Balaban J connectivity index is 1.82. The lowest BCUT2D eigenvalue weighted by molar-refractivity contribution is 0.0801. The highest BCUT2D eigenvalue weighted by molar-refractivity contribution is 4.88. The van der Waals surface area contributed by atoms with Crippen molar-refractivity contribution in [1.29, 1.82) is 0 Å². The Morgan fingerprint density at radius 1 is 1.38 bits per heavy atom. The molecule has 2 heteroatoms. The summed E-state index contributed by atoms with van der Waals surface area (Å²) in [5.41, 5.74) is 6.21. The van der Waals surface area contributed by atoms with Crippen LogP contribution in [0.4, 0.5) is 0 Å². The summed E-state index contributed by atoms with van der Waals surface area (Å²) in [5, 5.41) is 0. The summed E-state index contributed by atoms with van der Waals surface area (Å²) in [4.78, 5) is 0. The van der Waals surface area contributed by atoms with Crippen molar-refractivity contribution >= 4 is 0 Å². The smallest absolute Gasteiger partial charge is 0.0616 e. The lowest BCUT2D eigenvalue weighted by Crippen LogP contribution is -2.35. The molecule has 0 spiro atoms. The Morgan fingerprint density at radius 3 is 2.77 bits per heavy atom. The van der Waals surface area contributed by atoms with Gasteiger partial charge < -0.3 is 10.5 Å². The van der Waals surface area contributed by atoms with Gasteiger partial charge in [-0.3, -0.25) is 0 Å². The Bertz CT molecular complexity index is 167. The monoisotopic (exact) mass is 183 g/mol. The number of rotatable bonds is 4. The van der Waals surface area contributed by atoms with E-state index in [-0.39, 0.29) is 0 Å². The summed E-state index contributed by atoms with van der Waals surface area (Å²) < 4.78 is 5.66. The van der Waals surface area contributed by atoms with Crippen LogP contribution >= 0.6 is 0 Å². The molecule has 3 unspecified atom stereocenters. The van der Waals surface area contributed by atoms with Gasteiger partial charge in [0.05, 0.1) is 6.10 Å². The Morgan fingerprint density at radius 2 is 2.15 bits per heavy atom. The number of ether oxygens (including phenoxy) is 1. The maximum atomic E-state index is 6.21. The van der Waals surface area contributed by atoms with Crippen LogP contribution in [0, 0.1) is 11.8 Å². The van der Waals surface area contributed by atoms with Crippen LogP contribution in [0.5, 0.6) is 0 Å². The molecule has 13 heavy (non-hydrogen) atoms. The second-order valence-electron chi connectivity index (χ2n) is 4.61. The summed E-state index contributed by atoms with van der Waals surface area (Å²) >= 11 is 0. The van der Waals surface area contributed by atoms with Crippen molar-refractivity contribution in [2.45, 2.75) is 51.2 Å². The predicted molar refractivity (Wildman–Crippen MR) is 53.5 cm³/mol. The molecule has 1 saturated carbocycles. The van der Waals surface area contributed by atoms with Crippen LogP contribution in [0.2, 0.25) is 0 Å². The molecule has 0 radical (unpaired) electrons. The molecule has 0 aromatic carbocycles. The van der Waals surface area contributed by atoms with Crippen LogP contribution in [-0.2, 0) is 4.74 Å². The second kappa shape index (κ2) is 3.97. The first kappa shape index (κ1) is 9.47. The Labute approximate surface area is 80.8 Å². The zero-order chi connectivity index (χ0) is 9.26. The van der Waals surface area contributed by atoms with E-state index in [9.17, 15) is 0 Å². The SMILES string of the molecule is CCC1OCCC1C(N)CC1CC1. The minimum absolute atomic E-state index is 0.403. The molecule has 0 amide bonds. The fourth-order valence-corrected chi connectivity index (χ4v) is 2.49. The standard InChI is InChI=1S/C11H21NO/c1-2-11-9(5-6-13-11)10(12)7-8-3-4-8/h8-11H,2-7,12H2,1H3. The summed E-state index contributed by atoms with van der Waals surface area (Å²) in [7, 11) is 0. The molecule has 2 N–H and O–H groups in total. The normalized spacial score (nSPS) is 36.5. The van der Waals surface area contributed by atoms with Gasteiger partial charge in [-0.05, 0) is 25.2 Å². The summed E-state index contributed by atoms with van der Waals surface area (Å²) in [6.45, 7) is 3.13. The van der Waals surface area contributed by atoms with E-state index in [0.29, 0.717) is 18.1 Å². The van der Waals surface area contributed by atoms with Gasteiger partial charge in [0.25, 0.3) is 0 Å². The van der Waals surface area contributed by atoms with E-state index in [1.165, 1.54) is 25.7 Å². The quantitative estimate of drug-likeness (QED) is 0.722. The number of hydrogen-bond donors (Lipinski definition) is 1. The fourth-order valence-electron chi connectivity index (χ4n) is 2.49. The molecule has 1 aliphatic heterocycles. The lowest BCUT2D eigenvalue weighted by Gasteiger charge is -2.23. The van der Waals surface area contributed by atoms with Crippen molar-refractivity contribution in [3.8, 4) is 0 Å². The molecular formula is C11H21NO. The van der Waals surface area contributed by atoms with Gasteiger partial charge in [-0.1, -0.05) is 19.8 Å². The maximum absolute atomic E-state index is 6.21. The first-order chi connectivity index (χ1) is 6.31. The van der Waals surface area contributed by atoms with Gasteiger partial charge in [-0.2, -0.15) is 0 Å². The highest BCUT2D eigenvalue weighted by atomic mass is 16.5. The molecule has 2 aliphatic rings. The van der Waals surface area contributed by atoms with Crippen molar-refractivity contribution in [1.82, 2.24) is 0 Å². The highest BCUT2D eigenvalue weighted by Crippen LogP contribution is 2.37. The van der Waals surface area contributed by atoms with E-state index < -0.39 is 0 Å². The van der Waals surface area contributed by atoms with E-state index in [0.717, 1.165) is 18.9 Å². The van der Waals surface area contributed by atoms with Gasteiger partial charge in [-0.25, -0.2) is 0 Å². The topological polar surface area (TPSA) is 35.2 Å². The van der Waals surface area contributed by atoms with Gasteiger partial charge in [0.1, 0.15) is 0 Å². The van der Waals surface area contributed by atoms with Gasteiger partial charge in [0.2, 0.25) is 0 Å². The molecule has 0 aromatic heterocycles. The molecule has 2 nitrogen and oxygen atoms in total. The second-order valence-corrected chi connectivity index (χ2v) is 4.61. The summed E-state index contributed by atoms with van der Waals surface area (Å²) in [6.07, 6.45) is 6.84. The lowest BCUT2D eigenvalue weighted by atomic mass is 9.89. The minimum Gasteiger partial charge on any atom is -0.378 e. The van der Waals surface area contributed by atoms with Gasteiger partial charge in [0.15, 0.2) is 0 Å². The first-order valence-corrected chi connectivity index (χ1v) is 5.68. The van der Waals surface area contributed by atoms with E-state index in [2.05, 4.69) is 6.92 Å². The van der Waals surface area contributed by atoms with Crippen molar-refractivity contribution in [3.05, 3.63) is 0 Å². The number of hydrogen-bond acceptors (Lipinski definition) is 2. The molecule has 2 fully saturated rings. The Kier molecular flexibility index (Phi) is 2.89. The van der Waals surface area contributed by atoms with E-state index in [4.69, 9.17) is 10.5 Å². The third-order valence-electron chi connectivity index (χ3n) is 3.52. The molecule has 0 aromatic rings. The molecule has 1 saturated heterocycles. The van der Waals surface area contributed by atoms with Crippen LogP contribution in [0.3, 0.4) is 0 Å². The maximum Gasteiger partial charge on any atom is 0.0616 e. The summed E-state index contributed by atoms with van der Waals surface area (Å²) in [5.74, 6) is 1.60. The van der Waals surface area contributed by atoms with Crippen molar-refractivity contribution in [2.75, 3.05) is 6.61 Å². The van der Waals surface area contributed by atoms with Gasteiger partial charge in [-0.15, -0.1) is 0 Å². The largest absolute Gasteiger partial charge is 0.378 e. The predicted octanol–water partition coefficient (Wildman–Crippen LogP) is 1.93. The minimum atomic E-state index is 0.403. The molecule has 0 bridgehead atoms. The van der Waals surface area contributed by atoms with Crippen LogP contribution in [0.15, 0.2) is 0 Å². The third-order valence-corrected chi connectivity index (χ3v) is 3.52. The third kappa shape index (κ3) is 2.23. The van der Waals surface area contributed by atoms with Gasteiger partial charge >= 0.3 is 0 Å². The van der Waals surface area contributed by atoms with Crippen LogP contribution in [0.1, 0.15) is 39.0 Å². The molecule has 1 heterocycles. The first-order valence-electron chi connectivity index (χ1n) is 5.68. The van der Waals surface area contributed by atoms with Gasteiger partial charge in [0, 0.05) is 18.6 Å². The molecule has 76 valence electrons. The molecule has 1 aliphatic carbocycles. The number of nitrogens with two attached hydrogens (primary N) is 1. The van der Waals surface area contributed by atoms with Crippen molar-refractivity contribution < 1.29 is 4.74 Å². The fraction of sp³-hybridized carbons (Fsp3) is 1.00.